The van der Waals surface area contributed by atoms with E-state index in [4.69, 9.17) is 5.14 Å². The van der Waals surface area contributed by atoms with Crippen LogP contribution in [-0.2, 0) is 20.0 Å². The van der Waals surface area contributed by atoms with Crippen LogP contribution in [0.25, 0.3) is 0 Å². The Labute approximate surface area is 117 Å². The number of primary sulfonamides is 1. The van der Waals surface area contributed by atoms with Gasteiger partial charge in [0.25, 0.3) is 0 Å². The maximum absolute atomic E-state index is 13.8. The molecule has 112 valence electrons. The number of hydrogen-bond acceptors (Lipinski definition) is 4. The zero-order valence-corrected chi connectivity index (χ0v) is 12.3. The van der Waals surface area contributed by atoms with Crippen molar-refractivity contribution in [3.05, 3.63) is 24.0 Å². The van der Waals surface area contributed by atoms with Gasteiger partial charge in [-0.15, -0.1) is 0 Å². The molecule has 9 heteroatoms. The average Bonchev–Trinajstić information content (AvgIpc) is 3.01. The number of rotatable bonds is 5. The van der Waals surface area contributed by atoms with E-state index in [0.29, 0.717) is 12.0 Å². The van der Waals surface area contributed by atoms with Crippen molar-refractivity contribution >= 4 is 20.0 Å². The minimum atomic E-state index is -4.07. The molecule has 1 fully saturated rings. The minimum Gasteiger partial charge on any atom is -0.225 e. The molecule has 2 unspecified atom stereocenters. The van der Waals surface area contributed by atoms with E-state index in [1.54, 1.807) is 0 Å². The predicted molar refractivity (Wildman–Crippen MR) is 70.2 cm³/mol. The minimum absolute atomic E-state index is 0.250. The van der Waals surface area contributed by atoms with Crippen molar-refractivity contribution in [2.24, 2.45) is 17.0 Å². The third-order valence-electron chi connectivity index (χ3n) is 3.33. The summed E-state index contributed by atoms with van der Waals surface area (Å²) < 4.78 is 62.0. The Morgan fingerprint density at radius 1 is 1.35 bits per heavy atom. The molecule has 20 heavy (non-hydrogen) atoms. The Hall–Kier alpha value is -1.03. The molecule has 3 N–H and O–H groups in total. The third-order valence-corrected chi connectivity index (χ3v) is 5.70. The molecular formula is C11H15FN2O4S2. The average molecular weight is 322 g/mol. The van der Waals surface area contributed by atoms with Gasteiger partial charge in [0.15, 0.2) is 0 Å². The van der Waals surface area contributed by atoms with Crippen molar-refractivity contribution in [3.63, 3.8) is 0 Å². The second-order valence-electron chi connectivity index (χ2n) is 4.96. The molecule has 0 heterocycles. The summed E-state index contributed by atoms with van der Waals surface area (Å²) in [4.78, 5) is -1.05. The molecule has 0 saturated heterocycles. The summed E-state index contributed by atoms with van der Waals surface area (Å²) in [6, 6.07) is 2.46. The molecule has 2 atom stereocenters. The molecule has 0 spiro atoms. The zero-order chi connectivity index (χ0) is 15.1. The number of nitrogens with two attached hydrogens (primary N) is 1. The van der Waals surface area contributed by atoms with Crippen molar-refractivity contribution in [1.29, 1.82) is 0 Å². The summed E-state index contributed by atoms with van der Waals surface area (Å²) in [5.74, 6) is -0.406. The highest BCUT2D eigenvalue weighted by atomic mass is 32.2. The summed E-state index contributed by atoms with van der Waals surface area (Å²) in [5, 5.41) is 4.85. The van der Waals surface area contributed by atoms with Crippen molar-refractivity contribution in [3.8, 4) is 0 Å². The number of hydrogen-bond donors (Lipinski definition) is 2. The molecule has 0 radical (unpaired) electrons. The van der Waals surface area contributed by atoms with Gasteiger partial charge in [0.2, 0.25) is 20.0 Å². The zero-order valence-electron chi connectivity index (χ0n) is 10.7. The standard InChI is InChI=1S/C11H15FN2O4S2/c1-7-4-8(7)6-14-20(17,18)11-3-2-9(5-10(11)12)19(13,15)16/h2-3,5,7-8,14H,4,6H2,1H3,(H2,13,15,16). The lowest BCUT2D eigenvalue weighted by Crippen LogP contribution is -2.27. The topological polar surface area (TPSA) is 106 Å². The highest BCUT2D eigenvalue weighted by Crippen LogP contribution is 2.37. The van der Waals surface area contributed by atoms with Crippen molar-refractivity contribution in [1.82, 2.24) is 4.72 Å². The summed E-state index contributed by atoms with van der Waals surface area (Å²) in [5.41, 5.74) is 0. The fourth-order valence-corrected chi connectivity index (χ4v) is 3.53. The van der Waals surface area contributed by atoms with Crippen LogP contribution in [0.2, 0.25) is 0 Å². The maximum Gasteiger partial charge on any atom is 0.243 e. The molecule has 6 nitrogen and oxygen atoms in total. The molecule has 1 aromatic rings. The molecule has 0 bridgehead atoms. The fraction of sp³-hybridized carbons (Fsp3) is 0.455. The first kappa shape index (κ1) is 15.4. The van der Waals surface area contributed by atoms with Crippen molar-refractivity contribution in [2.75, 3.05) is 6.54 Å². The Balaban J connectivity index is 2.23. The van der Waals surface area contributed by atoms with Crippen LogP contribution in [0.1, 0.15) is 13.3 Å². The van der Waals surface area contributed by atoms with Crippen molar-refractivity contribution in [2.45, 2.75) is 23.1 Å². The first-order valence-electron chi connectivity index (χ1n) is 5.93. The van der Waals surface area contributed by atoms with Gasteiger partial charge in [-0.3, -0.25) is 0 Å². The summed E-state index contributed by atoms with van der Waals surface area (Å²) in [7, 11) is -8.06. The second kappa shape index (κ2) is 5.06. The Morgan fingerprint density at radius 2 is 1.95 bits per heavy atom. The summed E-state index contributed by atoms with van der Waals surface area (Å²) in [6.45, 7) is 2.25. The van der Waals surface area contributed by atoms with Gasteiger partial charge >= 0.3 is 0 Å². The van der Waals surface area contributed by atoms with E-state index in [1.165, 1.54) is 0 Å². The van der Waals surface area contributed by atoms with E-state index in [0.717, 1.165) is 18.6 Å². The molecule has 1 aliphatic carbocycles. The molecule has 1 aliphatic rings. The molecule has 1 saturated carbocycles. The van der Waals surface area contributed by atoms with Crippen LogP contribution in [0.3, 0.4) is 0 Å². The van der Waals surface area contributed by atoms with Crippen molar-refractivity contribution < 1.29 is 21.2 Å². The molecule has 0 aliphatic heterocycles. The smallest absolute Gasteiger partial charge is 0.225 e. The first-order valence-corrected chi connectivity index (χ1v) is 8.96. The van der Waals surface area contributed by atoms with Crippen LogP contribution in [0.4, 0.5) is 4.39 Å². The Bertz CT molecular complexity index is 731. The number of halogens is 1. The van der Waals surface area contributed by atoms with Gasteiger partial charge in [-0.25, -0.2) is 31.1 Å². The van der Waals surface area contributed by atoms with E-state index in [9.17, 15) is 21.2 Å². The fourth-order valence-electron chi connectivity index (χ4n) is 1.85. The highest BCUT2D eigenvalue weighted by molar-refractivity contribution is 7.89. The largest absolute Gasteiger partial charge is 0.243 e. The van der Waals surface area contributed by atoms with E-state index >= 15 is 0 Å². The van der Waals surface area contributed by atoms with Crippen LogP contribution in [-0.4, -0.2) is 23.4 Å². The lowest BCUT2D eigenvalue weighted by atomic mass is 10.3. The summed E-state index contributed by atoms with van der Waals surface area (Å²) in [6.07, 6.45) is 0.940. The third kappa shape index (κ3) is 3.35. The van der Waals surface area contributed by atoms with Crippen LogP contribution >= 0.6 is 0 Å². The Morgan fingerprint density at radius 3 is 2.40 bits per heavy atom. The number of benzene rings is 1. The van der Waals surface area contributed by atoms with Crippen LogP contribution in [0, 0.1) is 17.7 Å². The van der Waals surface area contributed by atoms with Crippen LogP contribution < -0.4 is 9.86 Å². The van der Waals surface area contributed by atoms with E-state index in [2.05, 4.69) is 4.72 Å². The van der Waals surface area contributed by atoms with E-state index < -0.39 is 35.7 Å². The van der Waals surface area contributed by atoms with Crippen LogP contribution in [0.15, 0.2) is 28.0 Å². The van der Waals surface area contributed by atoms with Gasteiger partial charge in [-0.05, 0) is 36.5 Å². The lowest BCUT2D eigenvalue weighted by molar-refractivity contribution is 0.549. The monoisotopic (exact) mass is 322 g/mol. The van der Waals surface area contributed by atoms with Gasteiger partial charge in [0, 0.05) is 6.54 Å². The molecule has 2 rings (SSSR count). The predicted octanol–water partition coefficient (Wildman–Crippen LogP) is 0.407. The quantitative estimate of drug-likeness (QED) is 0.818. The van der Waals surface area contributed by atoms with Gasteiger partial charge in [-0.1, -0.05) is 6.92 Å². The van der Waals surface area contributed by atoms with Gasteiger partial charge in [-0.2, -0.15) is 0 Å². The van der Waals surface area contributed by atoms with Gasteiger partial charge in [0.1, 0.15) is 10.7 Å². The van der Waals surface area contributed by atoms with Gasteiger partial charge < -0.3 is 0 Å². The Kier molecular flexibility index (Phi) is 3.89. The maximum atomic E-state index is 13.8. The lowest BCUT2D eigenvalue weighted by Gasteiger charge is -2.08. The highest BCUT2D eigenvalue weighted by Gasteiger charge is 2.33. The number of nitrogens with one attached hydrogen (secondary N) is 1. The first-order chi connectivity index (χ1) is 9.11. The van der Waals surface area contributed by atoms with Gasteiger partial charge in [0.05, 0.1) is 4.90 Å². The van der Waals surface area contributed by atoms with Crippen LogP contribution in [0.5, 0.6) is 0 Å². The molecular weight excluding hydrogens is 307 g/mol. The summed E-state index contributed by atoms with van der Waals surface area (Å²) >= 11 is 0. The molecule has 1 aromatic carbocycles. The SMILES string of the molecule is CC1CC1CNS(=O)(=O)c1ccc(S(N)(=O)=O)cc1F. The number of sulfonamides is 2. The molecule has 0 amide bonds. The van der Waals surface area contributed by atoms with E-state index in [1.807, 2.05) is 6.92 Å². The van der Waals surface area contributed by atoms with E-state index in [-0.39, 0.29) is 12.5 Å². The molecule has 0 aromatic heterocycles. The normalized spacial score (nSPS) is 22.8. The second-order valence-corrected chi connectivity index (χ2v) is 8.26.